The molecule has 3 aromatic heterocycles. The fourth-order valence-corrected chi connectivity index (χ4v) is 3.42. The highest BCUT2D eigenvalue weighted by atomic mass is 32.1. The van der Waals surface area contributed by atoms with Crippen molar-refractivity contribution in [3.63, 3.8) is 0 Å². The summed E-state index contributed by atoms with van der Waals surface area (Å²) in [6, 6.07) is 2.04. The number of aromatic nitrogens is 2. The van der Waals surface area contributed by atoms with Crippen LogP contribution in [0.1, 0.15) is 23.1 Å². The monoisotopic (exact) mass is 329 g/mol. The molecule has 4 nitrogen and oxygen atoms in total. The van der Waals surface area contributed by atoms with Crippen molar-refractivity contribution in [1.82, 2.24) is 9.97 Å². The molecule has 3 aromatic rings. The van der Waals surface area contributed by atoms with Crippen LogP contribution in [0.4, 0.5) is 13.2 Å². The second-order valence-corrected chi connectivity index (χ2v) is 5.83. The average Bonchev–Trinajstić information content (AvgIpc) is 3.08. The first-order chi connectivity index (χ1) is 10.0. The van der Waals surface area contributed by atoms with Gasteiger partial charge in [-0.25, -0.2) is 9.97 Å². The van der Waals surface area contributed by atoms with E-state index in [0.29, 0.717) is 10.3 Å². The van der Waals surface area contributed by atoms with Crippen LogP contribution in [0.15, 0.2) is 33.4 Å². The van der Waals surface area contributed by atoms with E-state index in [1.54, 1.807) is 22.2 Å². The number of rotatable bonds is 3. The van der Waals surface area contributed by atoms with Crippen LogP contribution < -0.4 is 0 Å². The lowest BCUT2D eigenvalue weighted by atomic mass is 10.1. The molecule has 0 aliphatic rings. The summed E-state index contributed by atoms with van der Waals surface area (Å²) in [7, 11) is 0. The average molecular weight is 329 g/mol. The minimum atomic E-state index is -4.67. The van der Waals surface area contributed by atoms with Gasteiger partial charge in [-0.1, -0.05) is 5.18 Å². The molecule has 3 rings (SSSR count). The zero-order valence-corrected chi connectivity index (χ0v) is 11.8. The molecule has 0 amide bonds. The highest BCUT2D eigenvalue weighted by Crippen LogP contribution is 2.36. The lowest BCUT2D eigenvalue weighted by Gasteiger charge is -2.11. The van der Waals surface area contributed by atoms with Gasteiger partial charge in [0.25, 0.3) is 0 Å². The van der Waals surface area contributed by atoms with E-state index in [4.69, 9.17) is 0 Å². The van der Waals surface area contributed by atoms with Crippen molar-refractivity contribution in [2.75, 3.05) is 0 Å². The minimum Gasteiger partial charge on any atom is -0.225 e. The summed E-state index contributed by atoms with van der Waals surface area (Å²) in [5.74, 6) is -1.26. The van der Waals surface area contributed by atoms with Gasteiger partial charge in [0.2, 0.25) is 5.82 Å². The molecule has 0 saturated heterocycles. The second-order valence-electron chi connectivity index (χ2n) is 4.13. The summed E-state index contributed by atoms with van der Waals surface area (Å²) >= 11 is 2.52. The van der Waals surface area contributed by atoms with E-state index >= 15 is 0 Å². The molecule has 0 fully saturated rings. The molecule has 0 saturated carbocycles. The second kappa shape index (κ2) is 5.15. The van der Waals surface area contributed by atoms with Gasteiger partial charge in [-0.15, -0.1) is 16.2 Å². The number of alkyl halides is 3. The van der Waals surface area contributed by atoms with Crippen LogP contribution in [0.3, 0.4) is 0 Å². The highest BCUT2D eigenvalue weighted by molar-refractivity contribution is 7.17. The maximum Gasteiger partial charge on any atom is 0.451 e. The molecule has 3 heterocycles. The topological polar surface area (TPSA) is 55.2 Å². The van der Waals surface area contributed by atoms with Crippen molar-refractivity contribution in [3.05, 3.63) is 50.3 Å². The quantitative estimate of drug-likeness (QED) is 0.658. The van der Waals surface area contributed by atoms with E-state index in [1.807, 2.05) is 0 Å². The molecule has 0 aliphatic carbocycles. The Morgan fingerprint density at radius 2 is 2.00 bits per heavy atom. The van der Waals surface area contributed by atoms with Crippen LogP contribution >= 0.6 is 22.7 Å². The standard InChI is InChI=1S/C12H6F3N3OS2/c13-12(14,15)11-16-7-2-4-21-10(7)9(17-11)8(18-19)6-1-3-20-5-6/h1-5,8H. The predicted molar refractivity (Wildman–Crippen MR) is 74.4 cm³/mol. The molecule has 0 aliphatic heterocycles. The summed E-state index contributed by atoms with van der Waals surface area (Å²) in [5, 5.41) is 7.96. The number of nitrogens with zero attached hydrogens (tertiary/aromatic N) is 3. The predicted octanol–water partition coefficient (Wildman–Crippen LogP) is 4.63. The Morgan fingerprint density at radius 3 is 2.62 bits per heavy atom. The van der Waals surface area contributed by atoms with E-state index in [-0.39, 0.29) is 11.2 Å². The largest absolute Gasteiger partial charge is 0.451 e. The van der Waals surface area contributed by atoms with E-state index < -0.39 is 18.0 Å². The molecule has 0 bridgehead atoms. The van der Waals surface area contributed by atoms with Crippen LogP contribution in [0.25, 0.3) is 10.2 Å². The van der Waals surface area contributed by atoms with Crippen molar-refractivity contribution < 1.29 is 13.2 Å². The van der Waals surface area contributed by atoms with Gasteiger partial charge in [0, 0.05) is 0 Å². The van der Waals surface area contributed by atoms with Gasteiger partial charge in [-0.05, 0) is 33.8 Å². The van der Waals surface area contributed by atoms with Gasteiger partial charge in [-0.3, -0.25) is 0 Å². The maximum atomic E-state index is 12.9. The Hall–Kier alpha value is -1.87. The van der Waals surface area contributed by atoms with Crippen molar-refractivity contribution in [1.29, 1.82) is 0 Å². The Bertz CT molecular complexity index is 783. The summed E-state index contributed by atoms with van der Waals surface area (Å²) in [4.78, 5) is 18.2. The molecule has 0 N–H and O–H groups in total. The van der Waals surface area contributed by atoms with Crippen LogP contribution in [0, 0.1) is 4.91 Å². The fraction of sp³-hybridized carbons (Fsp3) is 0.167. The molecule has 9 heteroatoms. The van der Waals surface area contributed by atoms with E-state index in [2.05, 4.69) is 15.1 Å². The van der Waals surface area contributed by atoms with E-state index in [0.717, 1.165) is 0 Å². The smallest absolute Gasteiger partial charge is 0.225 e. The molecular weight excluding hydrogens is 323 g/mol. The Balaban J connectivity index is 2.25. The molecule has 21 heavy (non-hydrogen) atoms. The Labute approximate surface area is 124 Å². The van der Waals surface area contributed by atoms with Crippen molar-refractivity contribution in [3.8, 4) is 0 Å². The lowest BCUT2D eigenvalue weighted by molar-refractivity contribution is -0.144. The summed E-state index contributed by atoms with van der Waals surface area (Å²) in [6.07, 6.45) is -4.67. The maximum absolute atomic E-state index is 12.9. The van der Waals surface area contributed by atoms with Crippen LogP contribution in [-0.2, 0) is 6.18 Å². The van der Waals surface area contributed by atoms with Gasteiger partial charge >= 0.3 is 6.18 Å². The highest BCUT2D eigenvalue weighted by Gasteiger charge is 2.36. The van der Waals surface area contributed by atoms with E-state index in [1.165, 1.54) is 28.7 Å². The molecule has 0 spiro atoms. The summed E-state index contributed by atoms with van der Waals surface area (Å²) in [5.41, 5.74) is 0.688. The third-order valence-electron chi connectivity index (χ3n) is 2.81. The summed E-state index contributed by atoms with van der Waals surface area (Å²) < 4.78 is 39.1. The van der Waals surface area contributed by atoms with Gasteiger partial charge in [-0.2, -0.15) is 24.5 Å². The molecule has 0 radical (unpaired) electrons. The third-order valence-corrected chi connectivity index (χ3v) is 4.43. The van der Waals surface area contributed by atoms with E-state index in [9.17, 15) is 18.1 Å². The van der Waals surface area contributed by atoms with Gasteiger partial charge < -0.3 is 0 Å². The first kappa shape index (κ1) is 14.1. The first-order valence-electron chi connectivity index (χ1n) is 5.67. The van der Waals surface area contributed by atoms with Crippen molar-refractivity contribution >= 4 is 32.9 Å². The summed E-state index contributed by atoms with van der Waals surface area (Å²) in [6.45, 7) is 0. The van der Waals surface area contributed by atoms with Crippen LogP contribution in [0.2, 0.25) is 0 Å². The first-order valence-corrected chi connectivity index (χ1v) is 7.50. The normalized spacial score (nSPS) is 13.5. The number of halogens is 3. The third kappa shape index (κ3) is 2.54. The number of fused-ring (bicyclic) bond motifs is 1. The number of hydrogen-bond acceptors (Lipinski definition) is 6. The van der Waals surface area contributed by atoms with Crippen molar-refractivity contribution in [2.45, 2.75) is 12.2 Å². The zero-order valence-electron chi connectivity index (χ0n) is 10.2. The van der Waals surface area contributed by atoms with Gasteiger partial charge in [0.05, 0.1) is 15.9 Å². The molecule has 108 valence electrons. The molecular formula is C12H6F3N3OS2. The Kier molecular flexibility index (Phi) is 3.46. The van der Waals surface area contributed by atoms with Gasteiger partial charge in [0.15, 0.2) is 6.04 Å². The molecule has 1 unspecified atom stereocenters. The SMILES string of the molecule is O=NC(c1ccsc1)c1nc(C(F)(F)F)nc2ccsc12. The number of hydrogen-bond donors (Lipinski definition) is 0. The van der Waals surface area contributed by atoms with Gasteiger partial charge in [0.1, 0.15) is 0 Å². The van der Waals surface area contributed by atoms with Crippen molar-refractivity contribution in [2.24, 2.45) is 5.18 Å². The Morgan fingerprint density at radius 1 is 1.19 bits per heavy atom. The molecule has 0 aromatic carbocycles. The van der Waals surface area contributed by atoms with Crippen LogP contribution in [0.5, 0.6) is 0 Å². The lowest BCUT2D eigenvalue weighted by Crippen LogP contribution is -2.14. The number of thiophene rings is 2. The zero-order chi connectivity index (χ0) is 15.0. The number of nitroso groups, excluding NO2 is 1. The molecule has 1 atom stereocenters. The fourth-order valence-electron chi connectivity index (χ4n) is 1.90. The minimum absolute atomic E-state index is 0.00396. The van der Waals surface area contributed by atoms with Crippen LogP contribution in [-0.4, -0.2) is 9.97 Å².